The van der Waals surface area contributed by atoms with Crippen molar-refractivity contribution in [3.8, 4) is 0 Å². The highest BCUT2D eigenvalue weighted by Gasteiger charge is 2.27. The van der Waals surface area contributed by atoms with Crippen molar-refractivity contribution in [2.45, 2.75) is 45.7 Å². The Morgan fingerprint density at radius 3 is 2.79 bits per heavy atom. The van der Waals surface area contributed by atoms with Gasteiger partial charge < -0.3 is 9.47 Å². The molecule has 0 saturated heterocycles. The molecule has 0 atom stereocenters. The van der Waals surface area contributed by atoms with E-state index in [4.69, 9.17) is 11.6 Å². The summed E-state index contributed by atoms with van der Waals surface area (Å²) in [5.41, 5.74) is 0.00761. The molecule has 19 heavy (non-hydrogen) atoms. The Morgan fingerprint density at radius 1 is 1.53 bits per heavy atom. The first kappa shape index (κ1) is 14.4. The lowest BCUT2D eigenvalue weighted by molar-refractivity contribution is 0.386. The monoisotopic (exact) mass is 283 g/mol. The van der Waals surface area contributed by atoms with Crippen LogP contribution in [0.3, 0.4) is 0 Å². The van der Waals surface area contributed by atoms with E-state index >= 15 is 0 Å². The molecule has 1 aliphatic rings. The van der Waals surface area contributed by atoms with Crippen molar-refractivity contribution in [2.24, 2.45) is 5.92 Å². The van der Waals surface area contributed by atoms with E-state index in [2.05, 4.69) is 23.7 Å². The number of anilines is 1. The van der Waals surface area contributed by atoms with Gasteiger partial charge in [-0.1, -0.05) is 13.8 Å². The first-order chi connectivity index (χ1) is 9.13. The van der Waals surface area contributed by atoms with Crippen LogP contribution in [0.25, 0.3) is 0 Å². The number of nitrogens with zero attached hydrogens (tertiary/aromatic N) is 3. The second-order valence-electron chi connectivity index (χ2n) is 5.57. The van der Waals surface area contributed by atoms with Crippen LogP contribution in [0.2, 0.25) is 0 Å². The highest BCUT2D eigenvalue weighted by Crippen LogP contribution is 2.26. The molecule has 5 heteroatoms. The van der Waals surface area contributed by atoms with Crippen LogP contribution in [0.5, 0.6) is 0 Å². The lowest BCUT2D eigenvalue weighted by atomic mass is 9.91. The van der Waals surface area contributed by atoms with Gasteiger partial charge in [-0.25, -0.2) is 4.98 Å². The molecule has 1 aromatic rings. The highest BCUT2D eigenvalue weighted by molar-refractivity contribution is 6.18. The molecule has 1 fully saturated rings. The lowest BCUT2D eigenvalue weighted by Crippen LogP contribution is -2.45. The number of rotatable bonds is 6. The summed E-state index contributed by atoms with van der Waals surface area (Å²) in [5.74, 6) is 1.53. The summed E-state index contributed by atoms with van der Waals surface area (Å²) in [6.45, 7) is 5.64. The van der Waals surface area contributed by atoms with E-state index in [9.17, 15) is 4.79 Å². The Morgan fingerprint density at radius 2 is 2.26 bits per heavy atom. The smallest absolute Gasteiger partial charge is 0.293 e. The van der Waals surface area contributed by atoms with Crippen molar-refractivity contribution in [3.63, 3.8) is 0 Å². The third kappa shape index (κ3) is 3.30. The lowest BCUT2D eigenvalue weighted by Gasteiger charge is -2.37. The fourth-order valence-electron chi connectivity index (χ4n) is 2.42. The van der Waals surface area contributed by atoms with E-state index in [1.54, 1.807) is 17.0 Å². The fourth-order valence-corrected chi connectivity index (χ4v) is 2.60. The molecule has 0 radical (unpaired) electrons. The van der Waals surface area contributed by atoms with Crippen LogP contribution in [0.1, 0.15) is 33.1 Å². The van der Waals surface area contributed by atoms with E-state index in [-0.39, 0.29) is 5.56 Å². The van der Waals surface area contributed by atoms with Crippen molar-refractivity contribution in [3.05, 3.63) is 22.7 Å². The van der Waals surface area contributed by atoms with E-state index in [1.807, 2.05) is 0 Å². The van der Waals surface area contributed by atoms with E-state index in [1.165, 1.54) is 6.42 Å². The minimum absolute atomic E-state index is 0.00761. The average Bonchev–Trinajstić information content (AvgIpc) is 2.28. The molecule has 0 spiro atoms. The highest BCUT2D eigenvalue weighted by atomic mass is 35.5. The summed E-state index contributed by atoms with van der Waals surface area (Å²) in [5, 5.41) is 0. The third-order valence-electron chi connectivity index (χ3n) is 3.57. The summed E-state index contributed by atoms with van der Waals surface area (Å²) in [7, 11) is 0. The van der Waals surface area contributed by atoms with Gasteiger partial charge in [-0.2, -0.15) is 0 Å². The number of hydrogen-bond donors (Lipinski definition) is 0. The molecular weight excluding hydrogens is 262 g/mol. The van der Waals surface area contributed by atoms with Crippen LogP contribution >= 0.6 is 11.6 Å². The molecule has 0 amide bonds. The molecule has 1 aliphatic carbocycles. The molecular formula is C14H22ClN3O. The van der Waals surface area contributed by atoms with Gasteiger partial charge in [-0.15, -0.1) is 11.6 Å². The zero-order valence-electron chi connectivity index (χ0n) is 11.7. The average molecular weight is 284 g/mol. The summed E-state index contributed by atoms with van der Waals surface area (Å²) in [6.07, 6.45) is 7.00. The maximum atomic E-state index is 12.5. The van der Waals surface area contributed by atoms with Gasteiger partial charge in [-0.05, 0) is 25.2 Å². The zero-order chi connectivity index (χ0) is 13.8. The standard InChI is InChI=1S/C14H22ClN3O/c1-11(2)10-17-9-7-16-13(14(17)19)18(8-6-15)12-4-3-5-12/h7,9,11-12H,3-6,8,10H2,1-2H3. The fraction of sp³-hybridized carbons (Fsp3) is 0.714. The van der Waals surface area contributed by atoms with E-state index in [0.29, 0.717) is 30.2 Å². The third-order valence-corrected chi connectivity index (χ3v) is 3.74. The molecule has 106 valence electrons. The Bertz CT molecular complexity index is 468. The van der Waals surface area contributed by atoms with Crippen molar-refractivity contribution >= 4 is 17.4 Å². The van der Waals surface area contributed by atoms with Gasteiger partial charge in [0.2, 0.25) is 0 Å². The molecule has 4 nitrogen and oxygen atoms in total. The van der Waals surface area contributed by atoms with Crippen LogP contribution in [0, 0.1) is 5.92 Å². The Kier molecular flexibility index (Phi) is 4.86. The van der Waals surface area contributed by atoms with Gasteiger partial charge in [0, 0.05) is 37.4 Å². The van der Waals surface area contributed by atoms with Crippen LogP contribution in [-0.2, 0) is 6.54 Å². The van der Waals surface area contributed by atoms with Crippen molar-refractivity contribution in [1.82, 2.24) is 9.55 Å². The van der Waals surface area contributed by atoms with Crippen molar-refractivity contribution in [1.29, 1.82) is 0 Å². The topological polar surface area (TPSA) is 38.1 Å². The summed E-state index contributed by atoms with van der Waals surface area (Å²) in [6, 6.07) is 0.439. The quantitative estimate of drug-likeness (QED) is 0.753. The maximum absolute atomic E-state index is 12.5. The van der Waals surface area contributed by atoms with Crippen molar-refractivity contribution < 1.29 is 0 Å². The van der Waals surface area contributed by atoms with Gasteiger partial charge in [-0.3, -0.25) is 4.79 Å². The van der Waals surface area contributed by atoms with Crippen LogP contribution < -0.4 is 10.5 Å². The maximum Gasteiger partial charge on any atom is 0.293 e. The minimum Gasteiger partial charge on any atom is -0.348 e. The molecule has 0 aromatic carbocycles. The molecule has 1 aromatic heterocycles. The normalized spacial score (nSPS) is 15.6. The number of aromatic nitrogens is 2. The van der Waals surface area contributed by atoms with Gasteiger partial charge >= 0.3 is 0 Å². The van der Waals surface area contributed by atoms with Crippen LogP contribution in [0.15, 0.2) is 17.2 Å². The second-order valence-corrected chi connectivity index (χ2v) is 5.95. The summed E-state index contributed by atoms with van der Waals surface area (Å²) >= 11 is 5.87. The molecule has 0 N–H and O–H groups in total. The molecule has 0 bridgehead atoms. The molecule has 0 unspecified atom stereocenters. The predicted octanol–water partition coefficient (Wildman–Crippen LogP) is 2.50. The Hall–Kier alpha value is -1.03. The SMILES string of the molecule is CC(C)Cn1ccnc(N(CCCl)C2CCC2)c1=O. The number of hydrogen-bond acceptors (Lipinski definition) is 3. The molecule has 2 rings (SSSR count). The van der Waals surface area contributed by atoms with Gasteiger partial charge in [0.15, 0.2) is 5.82 Å². The van der Waals surface area contributed by atoms with Gasteiger partial charge in [0.25, 0.3) is 5.56 Å². The van der Waals surface area contributed by atoms with Gasteiger partial charge in [0.05, 0.1) is 0 Å². The predicted molar refractivity (Wildman–Crippen MR) is 79.0 cm³/mol. The summed E-state index contributed by atoms with van der Waals surface area (Å²) in [4.78, 5) is 18.9. The van der Waals surface area contributed by atoms with Crippen LogP contribution in [0.4, 0.5) is 5.82 Å². The summed E-state index contributed by atoms with van der Waals surface area (Å²) < 4.78 is 1.76. The van der Waals surface area contributed by atoms with Gasteiger partial charge in [0.1, 0.15) is 0 Å². The van der Waals surface area contributed by atoms with Crippen molar-refractivity contribution in [2.75, 3.05) is 17.3 Å². The van der Waals surface area contributed by atoms with E-state index < -0.39 is 0 Å². The first-order valence-corrected chi connectivity index (χ1v) is 7.55. The Labute approximate surface area is 119 Å². The second kappa shape index (κ2) is 6.42. The largest absolute Gasteiger partial charge is 0.348 e. The Balaban J connectivity index is 2.28. The number of alkyl halides is 1. The molecule has 1 saturated carbocycles. The minimum atomic E-state index is 0.00761. The number of halogens is 1. The van der Waals surface area contributed by atoms with E-state index in [0.717, 1.165) is 19.4 Å². The van der Waals surface area contributed by atoms with Crippen LogP contribution in [-0.4, -0.2) is 28.0 Å². The zero-order valence-corrected chi connectivity index (χ0v) is 12.4. The first-order valence-electron chi connectivity index (χ1n) is 7.01. The molecule has 0 aliphatic heterocycles. The molecule has 1 heterocycles.